The largest absolute Gasteiger partial charge is 0.444 e. The Balaban J connectivity index is 2.55. The molecule has 1 aromatic heterocycles. The molecule has 1 heterocycles. The highest BCUT2D eigenvalue weighted by atomic mass is 16.6. The van der Waals surface area contributed by atoms with Crippen molar-refractivity contribution in [2.45, 2.75) is 71.6 Å². The molecule has 0 aromatic carbocycles. The third kappa shape index (κ3) is 7.50. The number of hydrogen-bond donors (Lipinski definition) is 2. The molecule has 1 amide bonds. The molecule has 0 aliphatic heterocycles. The minimum Gasteiger partial charge on any atom is -0.444 e. The van der Waals surface area contributed by atoms with Gasteiger partial charge >= 0.3 is 6.09 Å². The molecule has 23 heavy (non-hydrogen) atoms. The van der Waals surface area contributed by atoms with E-state index in [4.69, 9.17) is 4.74 Å². The van der Waals surface area contributed by atoms with E-state index in [0.29, 0.717) is 6.54 Å². The molecular weight excluding hydrogens is 292 g/mol. The molecular formula is C17H32N4O2. The van der Waals surface area contributed by atoms with Crippen LogP contribution in [0.4, 0.5) is 4.79 Å². The van der Waals surface area contributed by atoms with Gasteiger partial charge < -0.3 is 19.9 Å². The van der Waals surface area contributed by atoms with Crippen molar-refractivity contribution in [1.29, 1.82) is 0 Å². The fraction of sp³-hybridized carbons (Fsp3) is 0.765. The van der Waals surface area contributed by atoms with Gasteiger partial charge in [-0.05, 0) is 34.1 Å². The van der Waals surface area contributed by atoms with Gasteiger partial charge in [0, 0.05) is 32.0 Å². The van der Waals surface area contributed by atoms with Crippen molar-refractivity contribution in [3.05, 3.63) is 18.2 Å². The number of amides is 1. The number of nitrogens with one attached hydrogen (secondary N) is 2. The first-order valence-electron chi connectivity index (χ1n) is 8.43. The monoisotopic (exact) mass is 324 g/mol. The molecule has 0 radical (unpaired) electrons. The Morgan fingerprint density at radius 2 is 2.13 bits per heavy atom. The zero-order chi connectivity index (χ0) is 17.5. The van der Waals surface area contributed by atoms with Gasteiger partial charge in [-0.2, -0.15) is 0 Å². The Bertz CT molecular complexity index is 479. The van der Waals surface area contributed by atoms with Crippen LogP contribution < -0.4 is 10.6 Å². The van der Waals surface area contributed by atoms with Gasteiger partial charge in [-0.3, -0.25) is 0 Å². The van der Waals surface area contributed by atoms with E-state index in [1.54, 1.807) is 6.20 Å². The van der Waals surface area contributed by atoms with E-state index in [1.807, 2.05) is 38.6 Å². The SMILES string of the molecule is CCCCC(CNC(=O)OC(C)(C)C)NC(C)c1nccn1C. The molecule has 6 nitrogen and oxygen atoms in total. The fourth-order valence-electron chi connectivity index (χ4n) is 2.44. The lowest BCUT2D eigenvalue weighted by molar-refractivity contribution is 0.0521. The first-order valence-corrected chi connectivity index (χ1v) is 8.43. The van der Waals surface area contributed by atoms with Crippen LogP contribution in [0.1, 0.15) is 65.7 Å². The number of nitrogens with zero attached hydrogens (tertiary/aromatic N) is 2. The molecule has 1 aromatic rings. The van der Waals surface area contributed by atoms with E-state index in [9.17, 15) is 4.79 Å². The quantitative estimate of drug-likeness (QED) is 0.771. The average molecular weight is 324 g/mol. The van der Waals surface area contributed by atoms with Crippen molar-refractivity contribution < 1.29 is 9.53 Å². The zero-order valence-corrected chi connectivity index (χ0v) is 15.3. The van der Waals surface area contributed by atoms with Crippen LogP contribution in [0.3, 0.4) is 0 Å². The van der Waals surface area contributed by atoms with Crippen LogP contribution in [0, 0.1) is 0 Å². The number of imidazole rings is 1. The third-order valence-corrected chi connectivity index (χ3v) is 3.53. The second kappa shape index (κ2) is 8.91. The van der Waals surface area contributed by atoms with E-state index in [-0.39, 0.29) is 18.2 Å². The molecule has 0 saturated heterocycles. The Kier molecular flexibility index (Phi) is 7.55. The molecule has 2 atom stereocenters. The van der Waals surface area contributed by atoms with E-state index < -0.39 is 5.60 Å². The van der Waals surface area contributed by atoms with E-state index in [1.165, 1.54) is 0 Å². The van der Waals surface area contributed by atoms with Crippen LogP contribution >= 0.6 is 0 Å². The number of rotatable bonds is 8. The predicted molar refractivity (Wildman–Crippen MR) is 92.3 cm³/mol. The summed E-state index contributed by atoms with van der Waals surface area (Å²) in [6.45, 7) is 10.4. The predicted octanol–water partition coefficient (Wildman–Crippen LogP) is 3.15. The fourth-order valence-corrected chi connectivity index (χ4v) is 2.44. The molecule has 0 aliphatic carbocycles. The number of carbonyl (C=O) groups is 1. The van der Waals surface area contributed by atoms with Crippen LogP contribution in [-0.4, -0.2) is 33.8 Å². The lowest BCUT2D eigenvalue weighted by Crippen LogP contribution is -2.43. The number of aryl methyl sites for hydroxylation is 1. The van der Waals surface area contributed by atoms with Gasteiger partial charge in [0.15, 0.2) is 0 Å². The summed E-state index contributed by atoms with van der Waals surface area (Å²) in [4.78, 5) is 16.2. The van der Waals surface area contributed by atoms with Gasteiger partial charge in [0.25, 0.3) is 0 Å². The van der Waals surface area contributed by atoms with Crippen LogP contribution in [0.5, 0.6) is 0 Å². The summed E-state index contributed by atoms with van der Waals surface area (Å²) in [5.74, 6) is 0.990. The molecule has 2 N–H and O–H groups in total. The summed E-state index contributed by atoms with van der Waals surface area (Å²) in [5, 5.41) is 6.42. The van der Waals surface area contributed by atoms with Crippen molar-refractivity contribution in [1.82, 2.24) is 20.2 Å². The summed E-state index contributed by atoms with van der Waals surface area (Å²) in [5.41, 5.74) is -0.476. The number of carbonyl (C=O) groups excluding carboxylic acids is 1. The van der Waals surface area contributed by atoms with Crippen LogP contribution in [0.2, 0.25) is 0 Å². The highest BCUT2D eigenvalue weighted by Crippen LogP contribution is 2.12. The Hall–Kier alpha value is -1.56. The minimum absolute atomic E-state index is 0.122. The molecule has 0 spiro atoms. The maximum absolute atomic E-state index is 11.8. The van der Waals surface area contributed by atoms with Crippen LogP contribution in [-0.2, 0) is 11.8 Å². The van der Waals surface area contributed by atoms with Crippen molar-refractivity contribution in [2.24, 2.45) is 7.05 Å². The lowest BCUT2D eigenvalue weighted by atomic mass is 10.1. The van der Waals surface area contributed by atoms with Gasteiger partial charge in [0.05, 0.1) is 6.04 Å². The minimum atomic E-state index is -0.476. The summed E-state index contributed by atoms with van der Waals surface area (Å²) in [7, 11) is 1.99. The van der Waals surface area contributed by atoms with Crippen molar-refractivity contribution in [3.63, 3.8) is 0 Å². The maximum atomic E-state index is 11.8. The maximum Gasteiger partial charge on any atom is 0.407 e. The normalized spacial score (nSPS) is 14.3. The van der Waals surface area contributed by atoms with E-state index in [2.05, 4.69) is 29.5 Å². The summed E-state index contributed by atoms with van der Waals surface area (Å²) in [6.07, 6.45) is 6.61. The first kappa shape index (κ1) is 19.5. The summed E-state index contributed by atoms with van der Waals surface area (Å²) in [6, 6.07) is 0.312. The number of aromatic nitrogens is 2. The lowest BCUT2D eigenvalue weighted by Gasteiger charge is -2.25. The summed E-state index contributed by atoms with van der Waals surface area (Å²) >= 11 is 0. The highest BCUT2D eigenvalue weighted by Gasteiger charge is 2.19. The smallest absolute Gasteiger partial charge is 0.407 e. The number of ether oxygens (including phenoxy) is 1. The molecule has 2 unspecified atom stereocenters. The molecule has 0 fully saturated rings. The van der Waals surface area contributed by atoms with Gasteiger partial charge in [-0.1, -0.05) is 19.8 Å². The Morgan fingerprint density at radius 1 is 1.43 bits per heavy atom. The molecule has 0 bridgehead atoms. The van der Waals surface area contributed by atoms with Crippen molar-refractivity contribution in [3.8, 4) is 0 Å². The molecule has 132 valence electrons. The topological polar surface area (TPSA) is 68.2 Å². The number of hydrogen-bond acceptors (Lipinski definition) is 4. The summed E-state index contributed by atoms with van der Waals surface area (Å²) < 4.78 is 7.30. The van der Waals surface area contributed by atoms with E-state index in [0.717, 1.165) is 25.1 Å². The van der Waals surface area contributed by atoms with Crippen LogP contribution in [0.15, 0.2) is 12.4 Å². The van der Waals surface area contributed by atoms with Crippen LogP contribution in [0.25, 0.3) is 0 Å². The van der Waals surface area contributed by atoms with Gasteiger partial charge in [0.1, 0.15) is 11.4 Å². The standard InChI is InChI=1S/C17H32N4O2/c1-7-8-9-14(12-19-16(22)23-17(3,4)5)20-13(2)15-18-10-11-21(15)6/h10-11,13-14,20H,7-9,12H2,1-6H3,(H,19,22). The molecule has 6 heteroatoms. The van der Waals surface area contributed by atoms with Gasteiger partial charge in [-0.15, -0.1) is 0 Å². The Morgan fingerprint density at radius 3 is 2.65 bits per heavy atom. The Labute approximate surface area is 140 Å². The highest BCUT2D eigenvalue weighted by molar-refractivity contribution is 5.67. The zero-order valence-electron chi connectivity index (χ0n) is 15.3. The molecule has 0 aliphatic rings. The number of unbranched alkanes of at least 4 members (excludes halogenated alkanes) is 1. The van der Waals surface area contributed by atoms with E-state index >= 15 is 0 Å². The van der Waals surface area contributed by atoms with Crippen molar-refractivity contribution in [2.75, 3.05) is 6.54 Å². The second-order valence-electron chi connectivity index (χ2n) is 7.01. The van der Waals surface area contributed by atoms with Crippen molar-refractivity contribution >= 4 is 6.09 Å². The van der Waals surface area contributed by atoms with Gasteiger partial charge in [-0.25, -0.2) is 9.78 Å². The average Bonchev–Trinajstić information content (AvgIpc) is 2.86. The van der Waals surface area contributed by atoms with Gasteiger partial charge in [0.2, 0.25) is 0 Å². The third-order valence-electron chi connectivity index (χ3n) is 3.53. The first-order chi connectivity index (χ1) is 10.7. The molecule has 0 saturated carbocycles. The molecule has 1 rings (SSSR count). The second-order valence-corrected chi connectivity index (χ2v) is 7.01. The number of alkyl carbamates (subject to hydrolysis) is 1.